The Balaban J connectivity index is 1.51. The number of ether oxygens (including phenoxy) is 1. The maximum Gasteiger partial charge on any atom is 0.318 e. The van der Waals surface area contributed by atoms with Gasteiger partial charge in [0.2, 0.25) is 5.91 Å². The number of halogens is 1. The van der Waals surface area contributed by atoms with Crippen molar-refractivity contribution in [3.63, 3.8) is 0 Å². The van der Waals surface area contributed by atoms with Crippen molar-refractivity contribution >= 4 is 34.9 Å². The summed E-state index contributed by atoms with van der Waals surface area (Å²) in [4.78, 5) is 31.7. The number of hydrogen-bond donors (Lipinski definition) is 1. The Bertz CT molecular complexity index is 958. The van der Waals surface area contributed by atoms with E-state index in [1.165, 1.54) is 16.9 Å². The van der Waals surface area contributed by atoms with Crippen LogP contribution in [-0.4, -0.2) is 61.1 Å². The van der Waals surface area contributed by atoms with Crippen LogP contribution in [0.4, 0.5) is 4.79 Å². The third-order valence-electron chi connectivity index (χ3n) is 6.79. The monoisotopic (exact) mass is 503 g/mol. The molecule has 2 aromatic rings. The number of nitrogens with one attached hydrogen (secondary N) is 1. The summed E-state index contributed by atoms with van der Waals surface area (Å²) in [5, 5.41) is 5.94. The number of hydrogen-bond acceptors (Lipinski definition) is 4. The van der Waals surface area contributed by atoms with Crippen molar-refractivity contribution in [2.24, 2.45) is 0 Å². The van der Waals surface area contributed by atoms with Gasteiger partial charge in [0.05, 0.1) is 6.04 Å². The molecule has 184 valence electrons. The van der Waals surface area contributed by atoms with Gasteiger partial charge in [-0.3, -0.25) is 4.79 Å². The molecule has 0 bridgehead atoms. The fraction of sp³-hybridized carbons (Fsp3) is 0.538. The highest BCUT2D eigenvalue weighted by Gasteiger charge is 2.34. The second-order valence-electron chi connectivity index (χ2n) is 9.14. The summed E-state index contributed by atoms with van der Waals surface area (Å²) in [7, 11) is 1.65. The van der Waals surface area contributed by atoms with E-state index >= 15 is 0 Å². The smallest absolute Gasteiger partial charge is 0.318 e. The van der Waals surface area contributed by atoms with Crippen LogP contribution in [0.25, 0.3) is 0 Å². The summed E-state index contributed by atoms with van der Waals surface area (Å²) in [5.41, 5.74) is 2.21. The van der Waals surface area contributed by atoms with Gasteiger partial charge >= 0.3 is 6.03 Å². The summed E-state index contributed by atoms with van der Waals surface area (Å²) in [6.07, 6.45) is 7.07. The van der Waals surface area contributed by atoms with Crippen LogP contribution in [0.3, 0.4) is 0 Å². The zero-order chi connectivity index (χ0) is 23.9. The minimum absolute atomic E-state index is 0.0342. The molecule has 2 aliphatic rings. The SMILES string of the molecule is COCCCN(CC(=O)N1CCc2sccc2C1c1ccc(Cl)cc1)C(=O)NC1CCCCC1. The molecule has 1 fully saturated rings. The maximum atomic E-state index is 13.7. The first kappa shape index (κ1) is 25.0. The largest absolute Gasteiger partial charge is 0.385 e. The Morgan fingerprint density at radius 3 is 2.68 bits per heavy atom. The molecule has 34 heavy (non-hydrogen) atoms. The molecule has 4 rings (SSSR count). The first-order valence-corrected chi connectivity index (χ1v) is 13.5. The predicted octanol–water partition coefficient (Wildman–Crippen LogP) is 5.26. The highest BCUT2D eigenvalue weighted by atomic mass is 35.5. The van der Waals surface area contributed by atoms with Crippen LogP contribution in [-0.2, 0) is 16.0 Å². The summed E-state index contributed by atoms with van der Waals surface area (Å²) >= 11 is 7.87. The molecular formula is C26H34ClN3O3S. The van der Waals surface area contributed by atoms with E-state index in [0.717, 1.165) is 37.7 Å². The van der Waals surface area contributed by atoms with Crippen molar-refractivity contribution in [1.82, 2.24) is 15.1 Å². The number of urea groups is 1. The highest BCUT2D eigenvalue weighted by molar-refractivity contribution is 7.10. The van der Waals surface area contributed by atoms with E-state index in [9.17, 15) is 9.59 Å². The van der Waals surface area contributed by atoms with Gasteiger partial charge in [0.15, 0.2) is 0 Å². The topological polar surface area (TPSA) is 61.9 Å². The molecule has 1 atom stereocenters. The second kappa shape index (κ2) is 12.0. The molecular weight excluding hydrogens is 470 g/mol. The van der Waals surface area contributed by atoms with Gasteiger partial charge in [-0.05, 0) is 60.4 Å². The first-order chi connectivity index (χ1) is 16.6. The number of nitrogens with zero attached hydrogens (tertiary/aromatic N) is 2. The van der Waals surface area contributed by atoms with Crippen LogP contribution < -0.4 is 5.32 Å². The number of carbonyl (C=O) groups is 2. The molecule has 0 radical (unpaired) electrons. The Morgan fingerprint density at radius 2 is 1.94 bits per heavy atom. The lowest BCUT2D eigenvalue weighted by Crippen LogP contribution is -2.51. The molecule has 1 aliphatic heterocycles. The Labute approximate surface area is 211 Å². The van der Waals surface area contributed by atoms with Gasteiger partial charge in [0.25, 0.3) is 0 Å². The van der Waals surface area contributed by atoms with Gasteiger partial charge in [0.1, 0.15) is 6.54 Å². The van der Waals surface area contributed by atoms with Gasteiger partial charge in [-0.25, -0.2) is 4.79 Å². The van der Waals surface area contributed by atoms with E-state index in [4.69, 9.17) is 16.3 Å². The van der Waals surface area contributed by atoms with Crippen LogP contribution >= 0.6 is 22.9 Å². The van der Waals surface area contributed by atoms with Crippen LogP contribution in [0, 0.1) is 0 Å². The number of benzene rings is 1. The Hall–Kier alpha value is -2.09. The average molecular weight is 504 g/mol. The molecule has 1 saturated carbocycles. The predicted molar refractivity (Wildman–Crippen MR) is 137 cm³/mol. The van der Waals surface area contributed by atoms with Crippen molar-refractivity contribution in [3.8, 4) is 0 Å². The van der Waals surface area contributed by atoms with Crippen molar-refractivity contribution < 1.29 is 14.3 Å². The van der Waals surface area contributed by atoms with Gasteiger partial charge < -0.3 is 19.9 Å². The van der Waals surface area contributed by atoms with Gasteiger partial charge in [-0.2, -0.15) is 0 Å². The summed E-state index contributed by atoms with van der Waals surface area (Å²) < 4.78 is 5.19. The maximum absolute atomic E-state index is 13.7. The van der Waals surface area contributed by atoms with E-state index < -0.39 is 0 Å². The molecule has 3 amide bonds. The minimum atomic E-state index is -0.165. The highest BCUT2D eigenvalue weighted by Crippen LogP contribution is 2.38. The minimum Gasteiger partial charge on any atom is -0.385 e. The lowest BCUT2D eigenvalue weighted by Gasteiger charge is -2.38. The van der Waals surface area contributed by atoms with Crippen LogP contribution in [0.1, 0.15) is 60.6 Å². The van der Waals surface area contributed by atoms with Crippen molar-refractivity contribution in [2.75, 3.05) is 33.4 Å². The third kappa shape index (κ3) is 6.12. The van der Waals surface area contributed by atoms with E-state index in [1.54, 1.807) is 23.3 Å². The normalized spacial score (nSPS) is 18.4. The van der Waals surface area contributed by atoms with Gasteiger partial charge in [-0.1, -0.05) is 43.0 Å². The third-order valence-corrected chi connectivity index (χ3v) is 8.04. The van der Waals surface area contributed by atoms with Crippen molar-refractivity contribution in [2.45, 2.75) is 57.0 Å². The number of amides is 3. The van der Waals surface area contributed by atoms with E-state index in [2.05, 4.69) is 16.8 Å². The van der Waals surface area contributed by atoms with Gasteiger partial charge in [0, 0.05) is 42.7 Å². The molecule has 1 aliphatic carbocycles. The average Bonchev–Trinajstić information content (AvgIpc) is 3.33. The standard InChI is InChI=1S/C26H34ClN3O3S/c1-33-16-5-14-29(26(32)28-21-6-3-2-4-7-21)18-24(31)30-15-12-23-22(13-17-34-23)25(30)19-8-10-20(27)11-9-19/h8-11,13,17,21,25H,2-7,12,14-16,18H2,1H3,(H,28,32). The number of rotatable bonds is 8. The number of carbonyl (C=O) groups excluding carboxylic acids is 2. The quantitative estimate of drug-likeness (QED) is 0.500. The summed E-state index contributed by atoms with van der Waals surface area (Å²) in [6, 6.07) is 9.73. The van der Waals surface area contributed by atoms with E-state index in [1.807, 2.05) is 29.2 Å². The molecule has 2 heterocycles. The van der Waals surface area contributed by atoms with Crippen molar-refractivity contribution in [3.05, 3.63) is 56.7 Å². The van der Waals surface area contributed by atoms with Crippen molar-refractivity contribution in [1.29, 1.82) is 0 Å². The van der Waals surface area contributed by atoms with Crippen LogP contribution in [0.15, 0.2) is 35.7 Å². The zero-order valence-electron chi connectivity index (χ0n) is 19.8. The molecule has 8 heteroatoms. The lowest BCUT2D eigenvalue weighted by atomic mass is 9.93. The Kier molecular flexibility index (Phi) is 8.86. The molecule has 1 aromatic heterocycles. The number of methoxy groups -OCH3 is 1. The Morgan fingerprint density at radius 1 is 1.18 bits per heavy atom. The fourth-order valence-corrected chi connectivity index (χ4v) is 6.04. The van der Waals surface area contributed by atoms with Gasteiger partial charge in [-0.15, -0.1) is 11.3 Å². The number of thiophene rings is 1. The van der Waals surface area contributed by atoms with Crippen LogP contribution in [0.2, 0.25) is 5.02 Å². The number of fused-ring (bicyclic) bond motifs is 1. The fourth-order valence-electron chi connectivity index (χ4n) is 5.01. The molecule has 0 spiro atoms. The molecule has 1 aromatic carbocycles. The molecule has 1 unspecified atom stereocenters. The van der Waals surface area contributed by atoms with E-state index in [0.29, 0.717) is 31.1 Å². The molecule has 0 saturated heterocycles. The van der Waals surface area contributed by atoms with E-state index in [-0.39, 0.29) is 30.6 Å². The summed E-state index contributed by atoms with van der Waals surface area (Å²) in [5.74, 6) is -0.0342. The lowest BCUT2D eigenvalue weighted by molar-refractivity contribution is -0.134. The zero-order valence-corrected chi connectivity index (χ0v) is 21.4. The first-order valence-electron chi connectivity index (χ1n) is 12.2. The second-order valence-corrected chi connectivity index (χ2v) is 10.6. The molecule has 6 nitrogen and oxygen atoms in total. The molecule has 1 N–H and O–H groups in total. The summed E-state index contributed by atoms with van der Waals surface area (Å²) in [6.45, 7) is 1.74. The van der Waals surface area contributed by atoms with Crippen LogP contribution in [0.5, 0.6) is 0 Å².